The smallest absolute Gasteiger partial charge is 0.449 e. The molecule has 4 N–H and O–H groups in total. The molecular formula is C10H11N3O4S. The van der Waals surface area contributed by atoms with E-state index in [4.69, 9.17) is 16.1 Å². The lowest BCUT2D eigenvalue weighted by atomic mass is 10.3. The number of carboxylic acid groups (broad SMARTS) is 1. The van der Waals surface area contributed by atoms with Crippen LogP contribution in [0.1, 0.15) is 0 Å². The van der Waals surface area contributed by atoms with Gasteiger partial charge in [-0.1, -0.05) is 11.3 Å². The summed E-state index contributed by atoms with van der Waals surface area (Å²) in [5.74, 6) is 5.50. The number of rotatable bonds is 3. The van der Waals surface area contributed by atoms with Crippen LogP contribution in [-0.2, 0) is 6.54 Å². The Balaban J connectivity index is 2.55. The van der Waals surface area contributed by atoms with Gasteiger partial charge in [-0.05, 0) is 12.1 Å². The van der Waals surface area contributed by atoms with Gasteiger partial charge >= 0.3 is 6.16 Å². The second-order valence-corrected chi connectivity index (χ2v) is 4.40. The third-order valence-electron chi connectivity index (χ3n) is 2.29. The van der Waals surface area contributed by atoms with Crippen LogP contribution >= 0.6 is 11.3 Å². The maximum Gasteiger partial charge on any atom is 0.511 e. The number of hydrogen-bond acceptors (Lipinski definition) is 6. The molecule has 2 rings (SSSR count). The van der Waals surface area contributed by atoms with Crippen molar-refractivity contribution in [1.29, 1.82) is 0 Å². The highest BCUT2D eigenvalue weighted by Gasteiger charge is 2.08. The van der Waals surface area contributed by atoms with Crippen molar-refractivity contribution in [1.82, 2.24) is 4.57 Å². The molecule has 0 aliphatic heterocycles. The van der Waals surface area contributed by atoms with Crippen molar-refractivity contribution in [2.45, 2.75) is 6.54 Å². The lowest BCUT2D eigenvalue weighted by Gasteiger charge is -2.02. The Morgan fingerprint density at radius 2 is 2.33 bits per heavy atom. The summed E-state index contributed by atoms with van der Waals surface area (Å²) in [7, 11) is 0. The van der Waals surface area contributed by atoms with Crippen LogP contribution in [0.3, 0.4) is 0 Å². The zero-order chi connectivity index (χ0) is 13.1. The van der Waals surface area contributed by atoms with Gasteiger partial charge in [0.05, 0.1) is 16.8 Å². The maximum absolute atomic E-state index is 10.4. The Morgan fingerprint density at radius 3 is 2.94 bits per heavy atom. The van der Waals surface area contributed by atoms with E-state index in [1.807, 2.05) is 0 Å². The van der Waals surface area contributed by atoms with Crippen LogP contribution in [0.4, 0.5) is 4.79 Å². The topological polar surface area (TPSA) is 110 Å². The summed E-state index contributed by atoms with van der Waals surface area (Å²) in [5.41, 5.74) is 0.816. The minimum absolute atomic E-state index is 0.0353. The number of carbonyl (C=O) groups is 1. The molecule has 0 aliphatic rings. The predicted octanol–water partition coefficient (Wildman–Crippen LogP) is 0.526. The van der Waals surface area contributed by atoms with E-state index in [-0.39, 0.29) is 12.4 Å². The van der Waals surface area contributed by atoms with Crippen LogP contribution < -0.4 is 15.4 Å². The molecule has 1 aromatic heterocycles. The zero-order valence-corrected chi connectivity index (χ0v) is 10.1. The van der Waals surface area contributed by atoms with E-state index in [2.05, 4.69) is 9.84 Å². The van der Waals surface area contributed by atoms with Crippen LogP contribution in [0.2, 0.25) is 0 Å². The van der Waals surface area contributed by atoms with Gasteiger partial charge in [-0.3, -0.25) is 0 Å². The highest BCUT2D eigenvalue weighted by atomic mass is 32.1. The molecule has 0 unspecified atom stereocenters. The first-order valence-electron chi connectivity index (χ1n) is 5.04. The fraction of sp³-hybridized carbons (Fsp3) is 0.200. The number of thiazole rings is 1. The summed E-state index contributed by atoms with van der Waals surface area (Å²) in [6.07, 6.45) is -1.36. The molecule has 2 aromatic rings. The van der Waals surface area contributed by atoms with Crippen molar-refractivity contribution in [3.05, 3.63) is 23.0 Å². The lowest BCUT2D eigenvalue weighted by Crippen LogP contribution is -2.18. The minimum atomic E-state index is -1.36. The first-order valence-corrected chi connectivity index (χ1v) is 5.86. The number of benzene rings is 1. The summed E-state index contributed by atoms with van der Waals surface area (Å²) in [4.78, 5) is 11.0. The van der Waals surface area contributed by atoms with Gasteiger partial charge in [0, 0.05) is 12.6 Å². The summed E-state index contributed by atoms with van der Waals surface area (Å²) in [6.45, 7) is 0.335. The molecule has 0 bridgehead atoms. The number of nitrogens with zero attached hydrogens (tertiary/aromatic N) is 2. The fourth-order valence-corrected chi connectivity index (χ4v) is 2.64. The van der Waals surface area contributed by atoms with Crippen molar-refractivity contribution in [3.8, 4) is 5.75 Å². The Morgan fingerprint density at radius 1 is 1.56 bits per heavy atom. The van der Waals surface area contributed by atoms with Gasteiger partial charge in [0.15, 0.2) is 0 Å². The third-order valence-corrected chi connectivity index (χ3v) is 3.35. The Bertz CT molecular complexity index is 646. The van der Waals surface area contributed by atoms with Crippen LogP contribution in [-0.4, -0.2) is 27.5 Å². The average molecular weight is 269 g/mol. The monoisotopic (exact) mass is 269 g/mol. The molecule has 18 heavy (non-hydrogen) atoms. The van der Waals surface area contributed by atoms with Crippen molar-refractivity contribution >= 4 is 27.7 Å². The maximum atomic E-state index is 10.4. The Labute approximate surface area is 105 Å². The van der Waals surface area contributed by atoms with Crippen LogP contribution in [0, 0.1) is 0 Å². The molecule has 0 aliphatic carbocycles. The first kappa shape index (κ1) is 12.4. The summed E-state index contributed by atoms with van der Waals surface area (Å²) in [6, 6.07) is 4.84. The molecule has 7 nitrogen and oxygen atoms in total. The van der Waals surface area contributed by atoms with Gasteiger partial charge < -0.3 is 25.4 Å². The third kappa shape index (κ3) is 2.29. The number of aromatic nitrogens is 1. The SMILES string of the molecule is NN=c1sc2cc(OC(=O)O)ccc2n1CCO. The van der Waals surface area contributed by atoms with Crippen LogP contribution in [0.15, 0.2) is 23.3 Å². The molecule has 0 atom stereocenters. The van der Waals surface area contributed by atoms with E-state index in [0.29, 0.717) is 11.3 Å². The van der Waals surface area contributed by atoms with Gasteiger partial charge in [0.25, 0.3) is 0 Å². The van der Waals surface area contributed by atoms with Crippen molar-refractivity contribution in [3.63, 3.8) is 0 Å². The molecule has 0 radical (unpaired) electrons. The number of nitrogens with two attached hydrogens (primary N) is 1. The van der Waals surface area contributed by atoms with Gasteiger partial charge in [-0.2, -0.15) is 5.10 Å². The van der Waals surface area contributed by atoms with E-state index < -0.39 is 6.16 Å². The largest absolute Gasteiger partial charge is 0.511 e. The second-order valence-electron chi connectivity index (χ2n) is 3.39. The first-order chi connectivity index (χ1) is 8.65. The Kier molecular flexibility index (Phi) is 3.49. The van der Waals surface area contributed by atoms with E-state index in [0.717, 1.165) is 10.2 Å². The molecule has 8 heteroatoms. The summed E-state index contributed by atoms with van der Waals surface area (Å²) >= 11 is 1.29. The molecule has 0 saturated carbocycles. The molecule has 96 valence electrons. The van der Waals surface area contributed by atoms with Crippen molar-refractivity contribution in [2.24, 2.45) is 10.9 Å². The van der Waals surface area contributed by atoms with Crippen LogP contribution in [0.5, 0.6) is 5.75 Å². The zero-order valence-electron chi connectivity index (χ0n) is 9.24. The second kappa shape index (κ2) is 5.07. The van der Waals surface area contributed by atoms with Crippen LogP contribution in [0.25, 0.3) is 10.2 Å². The molecule has 1 aromatic carbocycles. The predicted molar refractivity (Wildman–Crippen MR) is 65.3 cm³/mol. The summed E-state index contributed by atoms with van der Waals surface area (Å²) < 4.78 is 7.11. The quantitative estimate of drug-likeness (QED) is 0.326. The highest BCUT2D eigenvalue weighted by Crippen LogP contribution is 2.23. The van der Waals surface area contributed by atoms with E-state index in [9.17, 15) is 4.79 Å². The molecule has 0 saturated heterocycles. The average Bonchev–Trinajstić information content (AvgIpc) is 2.66. The molecule has 1 heterocycles. The number of ether oxygens (including phenoxy) is 1. The normalized spacial score (nSPS) is 11.9. The fourth-order valence-electron chi connectivity index (χ4n) is 1.63. The molecule has 0 spiro atoms. The molecule has 0 amide bonds. The van der Waals surface area contributed by atoms with Crippen molar-refractivity contribution in [2.75, 3.05) is 6.61 Å². The van der Waals surface area contributed by atoms with Gasteiger partial charge in [0.1, 0.15) is 5.75 Å². The minimum Gasteiger partial charge on any atom is -0.449 e. The highest BCUT2D eigenvalue weighted by molar-refractivity contribution is 7.16. The molecular weight excluding hydrogens is 258 g/mol. The van der Waals surface area contributed by atoms with Gasteiger partial charge in [-0.15, -0.1) is 0 Å². The van der Waals surface area contributed by atoms with E-state index in [1.165, 1.54) is 17.4 Å². The van der Waals surface area contributed by atoms with Gasteiger partial charge in [0.2, 0.25) is 4.80 Å². The molecule has 0 fully saturated rings. The number of fused-ring (bicyclic) bond motifs is 1. The lowest BCUT2D eigenvalue weighted by molar-refractivity contribution is 0.144. The van der Waals surface area contributed by atoms with E-state index in [1.54, 1.807) is 16.7 Å². The summed E-state index contributed by atoms with van der Waals surface area (Å²) in [5, 5.41) is 21.2. The number of aliphatic hydroxyl groups is 1. The number of aliphatic hydroxyl groups excluding tert-OH is 1. The Hall–Kier alpha value is -2.06. The van der Waals surface area contributed by atoms with Crippen molar-refractivity contribution < 1.29 is 19.7 Å². The van der Waals surface area contributed by atoms with Gasteiger partial charge in [-0.25, -0.2) is 4.79 Å². The van der Waals surface area contributed by atoms with E-state index >= 15 is 0 Å². The number of hydrogen-bond donors (Lipinski definition) is 3. The standard InChI is InChI=1S/C10H11N3O4S/c11-12-9-13(3-4-14)7-2-1-6(17-10(15)16)5-8(7)18-9/h1-2,5,14H,3-4,11H2,(H,15,16).